The summed E-state index contributed by atoms with van der Waals surface area (Å²) in [4.78, 5) is 22.4. The third-order valence-electron chi connectivity index (χ3n) is 3.78. The Bertz CT molecular complexity index is 329. The number of amides is 2. The Morgan fingerprint density at radius 2 is 1.94 bits per heavy atom. The Kier molecular flexibility index (Phi) is 2.99. The average Bonchev–Trinajstić information content (AvgIpc) is 2.98. The van der Waals surface area contributed by atoms with Crippen molar-refractivity contribution in [2.75, 3.05) is 13.7 Å². The molecule has 6 nitrogen and oxygen atoms in total. The van der Waals surface area contributed by atoms with Crippen LogP contribution in [0.25, 0.3) is 0 Å². The summed E-state index contributed by atoms with van der Waals surface area (Å²) in [6, 6.07) is -0.423. The van der Waals surface area contributed by atoms with E-state index in [1.165, 1.54) is 0 Å². The van der Waals surface area contributed by atoms with E-state index in [4.69, 9.17) is 9.84 Å². The number of aliphatic carboxylic acids is 1. The number of rotatable bonds is 5. The SMILES string of the molecule is COC1(CNC(=O)NC2(C(=O)O)CC2)CCC1. The van der Waals surface area contributed by atoms with Crippen LogP contribution in [0.4, 0.5) is 4.79 Å². The van der Waals surface area contributed by atoms with E-state index in [1.54, 1.807) is 7.11 Å². The predicted molar refractivity (Wildman–Crippen MR) is 59.7 cm³/mol. The first-order valence-electron chi connectivity index (χ1n) is 5.87. The molecule has 2 fully saturated rings. The minimum absolute atomic E-state index is 0.239. The molecule has 0 aromatic rings. The van der Waals surface area contributed by atoms with Crippen LogP contribution >= 0.6 is 0 Å². The van der Waals surface area contributed by atoms with E-state index < -0.39 is 17.5 Å². The molecule has 0 heterocycles. The van der Waals surface area contributed by atoms with Crippen molar-refractivity contribution >= 4 is 12.0 Å². The van der Waals surface area contributed by atoms with Gasteiger partial charge in [0.15, 0.2) is 0 Å². The molecule has 2 aliphatic rings. The summed E-state index contributed by atoms with van der Waals surface area (Å²) in [5.41, 5.74) is -1.26. The van der Waals surface area contributed by atoms with Gasteiger partial charge in [-0.15, -0.1) is 0 Å². The lowest BCUT2D eigenvalue weighted by atomic mass is 9.80. The van der Waals surface area contributed by atoms with Crippen LogP contribution in [-0.4, -0.2) is 41.9 Å². The summed E-state index contributed by atoms with van der Waals surface area (Å²) in [6.07, 6.45) is 3.99. The minimum atomic E-state index is -1.02. The highest BCUT2D eigenvalue weighted by Gasteiger charge is 2.51. The Labute approximate surface area is 99.7 Å². The summed E-state index contributed by atoms with van der Waals surface area (Å²) in [6.45, 7) is 0.436. The molecule has 2 rings (SSSR count). The Hall–Kier alpha value is -1.30. The van der Waals surface area contributed by atoms with E-state index in [2.05, 4.69) is 10.6 Å². The van der Waals surface area contributed by atoms with Crippen LogP contribution < -0.4 is 10.6 Å². The molecule has 0 radical (unpaired) electrons. The van der Waals surface area contributed by atoms with Crippen molar-refractivity contribution in [1.29, 1.82) is 0 Å². The number of urea groups is 1. The van der Waals surface area contributed by atoms with Crippen molar-refractivity contribution < 1.29 is 19.4 Å². The number of methoxy groups -OCH3 is 1. The number of hydrogen-bond donors (Lipinski definition) is 3. The van der Waals surface area contributed by atoms with Gasteiger partial charge < -0.3 is 20.5 Å². The molecule has 96 valence electrons. The quantitative estimate of drug-likeness (QED) is 0.654. The van der Waals surface area contributed by atoms with Crippen LogP contribution in [0.15, 0.2) is 0 Å². The second-order valence-corrected chi connectivity index (χ2v) is 4.94. The lowest BCUT2D eigenvalue weighted by Gasteiger charge is -2.40. The molecule has 6 heteroatoms. The second kappa shape index (κ2) is 4.18. The second-order valence-electron chi connectivity index (χ2n) is 4.94. The Morgan fingerprint density at radius 1 is 1.29 bits per heavy atom. The molecule has 2 aliphatic carbocycles. The maximum atomic E-state index is 11.6. The van der Waals surface area contributed by atoms with Gasteiger partial charge in [-0.05, 0) is 32.1 Å². The van der Waals surface area contributed by atoms with E-state index in [0.29, 0.717) is 19.4 Å². The zero-order chi connectivity index (χ0) is 12.5. The highest BCUT2D eigenvalue weighted by Crippen LogP contribution is 2.36. The zero-order valence-electron chi connectivity index (χ0n) is 9.91. The number of ether oxygens (including phenoxy) is 1. The molecule has 2 amide bonds. The van der Waals surface area contributed by atoms with Crippen LogP contribution in [0.2, 0.25) is 0 Å². The molecular weight excluding hydrogens is 224 g/mol. The van der Waals surface area contributed by atoms with Crippen LogP contribution in [0.1, 0.15) is 32.1 Å². The smallest absolute Gasteiger partial charge is 0.329 e. The summed E-state index contributed by atoms with van der Waals surface area (Å²) in [7, 11) is 1.64. The first kappa shape index (κ1) is 12.2. The van der Waals surface area contributed by atoms with E-state index >= 15 is 0 Å². The molecule has 0 aromatic carbocycles. The molecule has 0 aliphatic heterocycles. The van der Waals surface area contributed by atoms with E-state index in [-0.39, 0.29) is 5.60 Å². The molecule has 0 unspecified atom stereocenters. The maximum Gasteiger partial charge on any atom is 0.329 e. The van der Waals surface area contributed by atoms with Crippen molar-refractivity contribution in [2.45, 2.75) is 43.2 Å². The third kappa shape index (κ3) is 2.36. The molecule has 0 saturated heterocycles. The van der Waals surface area contributed by atoms with Crippen molar-refractivity contribution in [3.8, 4) is 0 Å². The van der Waals surface area contributed by atoms with Gasteiger partial charge in [0, 0.05) is 13.7 Å². The van der Waals surface area contributed by atoms with Gasteiger partial charge >= 0.3 is 12.0 Å². The highest BCUT2D eigenvalue weighted by atomic mass is 16.5. The van der Waals surface area contributed by atoms with E-state index in [0.717, 1.165) is 19.3 Å². The molecule has 0 atom stereocenters. The monoisotopic (exact) mass is 242 g/mol. The van der Waals surface area contributed by atoms with Crippen LogP contribution in [-0.2, 0) is 9.53 Å². The molecule has 3 N–H and O–H groups in total. The molecule has 17 heavy (non-hydrogen) atoms. The van der Waals surface area contributed by atoms with Crippen molar-refractivity contribution in [2.24, 2.45) is 0 Å². The third-order valence-corrected chi connectivity index (χ3v) is 3.78. The fourth-order valence-electron chi connectivity index (χ4n) is 2.04. The van der Waals surface area contributed by atoms with Crippen molar-refractivity contribution in [1.82, 2.24) is 10.6 Å². The standard InChI is InChI=1S/C11H18N2O4/c1-17-10(3-2-4-10)7-12-9(16)13-11(5-6-11)8(14)15/h2-7H2,1H3,(H,14,15)(H2,12,13,16). The van der Waals surface area contributed by atoms with Gasteiger partial charge in [0.25, 0.3) is 0 Å². The lowest BCUT2D eigenvalue weighted by molar-refractivity contribution is -0.140. The van der Waals surface area contributed by atoms with E-state index in [9.17, 15) is 9.59 Å². The van der Waals surface area contributed by atoms with E-state index in [1.807, 2.05) is 0 Å². The Morgan fingerprint density at radius 3 is 2.29 bits per heavy atom. The molecule has 2 saturated carbocycles. The first-order valence-corrected chi connectivity index (χ1v) is 5.87. The molecule has 0 bridgehead atoms. The number of carbonyl (C=O) groups excluding carboxylic acids is 1. The Balaban J connectivity index is 1.76. The van der Waals surface area contributed by atoms with Gasteiger partial charge in [-0.3, -0.25) is 0 Å². The maximum absolute atomic E-state index is 11.6. The predicted octanol–water partition coefficient (Wildman–Crippen LogP) is 0.472. The minimum Gasteiger partial charge on any atom is -0.480 e. The number of carboxylic acid groups (broad SMARTS) is 1. The number of carbonyl (C=O) groups is 2. The topological polar surface area (TPSA) is 87.7 Å². The van der Waals surface area contributed by atoms with Crippen LogP contribution in [0.5, 0.6) is 0 Å². The summed E-state index contributed by atoms with van der Waals surface area (Å²) < 4.78 is 5.36. The lowest BCUT2D eigenvalue weighted by Crippen LogP contribution is -2.54. The largest absolute Gasteiger partial charge is 0.480 e. The van der Waals surface area contributed by atoms with Gasteiger partial charge in [0.1, 0.15) is 5.54 Å². The normalized spacial score (nSPS) is 23.4. The van der Waals surface area contributed by atoms with Crippen LogP contribution in [0, 0.1) is 0 Å². The summed E-state index contributed by atoms with van der Waals surface area (Å²) in [5, 5.41) is 14.1. The van der Waals surface area contributed by atoms with Gasteiger partial charge in [-0.1, -0.05) is 0 Å². The van der Waals surface area contributed by atoms with Gasteiger partial charge in [-0.2, -0.15) is 0 Å². The molecular formula is C11H18N2O4. The van der Waals surface area contributed by atoms with Crippen molar-refractivity contribution in [3.63, 3.8) is 0 Å². The van der Waals surface area contributed by atoms with Crippen LogP contribution in [0.3, 0.4) is 0 Å². The molecule has 0 spiro atoms. The first-order chi connectivity index (χ1) is 8.02. The summed E-state index contributed by atoms with van der Waals surface area (Å²) in [5.74, 6) is -0.960. The van der Waals surface area contributed by atoms with Gasteiger partial charge in [0.2, 0.25) is 0 Å². The zero-order valence-corrected chi connectivity index (χ0v) is 9.91. The molecule has 0 aromatic heterocycles. The fourth-order valence-corrected chi connectivity index (χ4v) is 2.04. The fraction of sp³-hybridized carbons (Fsp3) is 0.818. The average molecular weight is 242 g/mol. The number of hydrogen-bond acceptors (Lipinski definition) is 3. The summed E-state index contributed by atoms with van der Waals surface area (Å²) >= 11 is 0. The number of carboxylic acids is 1. The highest BCUT2D eigenvalue weighted by molar-refractivity contribution is 5.88. The number of nitrogens with one attached hydrogen (secondary N) is 2. The van der Waals surface area contributed by atoms with Crippen molar-refractivity contribution in [3.05, 3.63) is 0 Å². The van der Waals surface area contributed by atoms with Gasteiger partial charge in [0.05, 0.1) is 5.60 Å². The van der Waals surface area contributed by atoms with Gasteiger partial charge in [-0.25, -0.2) is 9.59 Å².